The second-order valence-electron chi connectivity index (χ2n) is 7.47. The predicted octanol–water partition coefficient (Wildman–Crippen LogP) is 5.49. The van der Waals surface area contributed by atoms with E-state index in [9.17, 15) is 9.59 Å². The molecule has 2 heterocycles. The molecule has 4 rings (SSSR count). The summed E-state index contributed by atoms with van der Waals surface area (Å²) in [5, 5.41) is 1.36. The van der Waals surface area contributed by atoms with Crippen molar-refractivity contribution in [3.63, 3.8) is 0 Å². The molecular formula is C25H24O6. The molecule has 0 saturated carbocycles. The van der Waals surface area contributed by atoms with Gasteiger partial charge in [0.1, 0.15) is 34.5 Å². The summed E-state index contributed by atoms with van der Waals surface area (Å²) in [6, 6.07) is 12.9. The van der Waals surface area contributed by atoms with Crippen LogP contribution in [0.25, 0.3) is 33.3 Å². The molecule has 0 saturated heterocycles. The van der Waals surface area contributed by atoms with Gasteiger partial charge in [-0.2, -0.15) is 0 Å². The summed E-state index contributed by atoms with van der Waals surface area (Å²) in [7, 11) is 1.32. The fourth-order valence-corrected chi connectivity index (χ4v) is 3.56. The summed E-state index contributed by atoms with van der Waals surface area (Å²) in [6.45, 7) is 3.72. The summed E-state index contributed by atoms with van der Waals surface area (Å²) in [6.07, 6.45) is 3.25. The Morgan fingerprint density at radius 3 is 2.68 bits per heavy atom. The van der Waals surface area contributed by atoms with Gasteiger partial charge < -0.3 is 18.3 Å². The minimum Gasteiger partial charge on any atom is -0.479 e. The van der Waals surface area contributed by atoms with Gasteiger partial charge in [-0.1, -0.05) is 31.5 Å². The van der Waals surface area contributed by atoms with Gasteiger partial charge in [0.2, 0.25) is 5.43 Å². The molecule has 0 aliphatic rings. The van der Waals surface area contributed by atoms with Gasteiger partial charge >= 0.3 is 5.97 Å². The summed E-state index contributed by atoms with van der Waals surface area (Å²) in [5.41, 5.74) is 2.13. The van der Waals surface area contributed by atoms with Gasteiger partial charge in [-0.05, 0) is 43.5 Å². The van der Waals surface area contributed by atoms with E-state index in [1.165, 1.54) is 13.4 Å². The molecule has 0 N–H and O–H groups in total. The minimum atomic E-state index is -0.774. The molecule has 4 aromatic rings. The zero-order valence-corrected chi connectivity index (χ0v) is 17.8. The standard InChI is InChI=1S/C25H24O6/c1-4-5-8-16-11-18-22(13-21(16)30-15(2)25(27)28-3)29-14-19(24(18)26)23-12-17-9-6-7-10-20(17)31-23/h6-7,9-15H,4-5,8H2,1-3H3/t15-/m0/s1. The molecule has 0 amide bonds. The molecule has 0 aliphatic carbocycles. The van der Waals surface area contributed by atoms with Crippen LogP contribution in [0.2, 0.25) is 0 Å². The van der Waals surface area contributed by atoms with Gasteiger partial charge in [0.25, 0.3) is 0 Å². The van der Waals surface area contributed by atoms with Gasteiger partial charge in [0.05, 0.1) is 12.5 Å². The third-order valence-electron chi connectivity index (χ3n) is 5.28. The maximum absolute atomic E-state index is 13.3. The highest BCUT2D eigenvalue weighted by Crippen LogP contribution is 2.31. The molecule has 0 fully saturated rings. The van der Waals surface area contributed by atoms with Crippen molar-refractivity contribution in [2.24, 2.45) is 0 Å². The Bertz CT molecular complexity index is 1260. The predicted molar refractivity (Wildman–Crippen MR) is 118 cm³/mol. The molecular weight excluding hydrogens is 396 g/mol. The Balaban J connectivity index is 1.81. The number of esters is 1. The molecule has 31 heavy (non-hydrogen) atoms. The van der Waals surface area contributed by atoms with Crippen molar-refractivity contribution in [1.29, 1.82) is 0 Å². The second-order valence-corrected chi connectivity index (χ2v) is 7.47. The molecule has 2 aromatic heterocycles. The number of ether oxygens (including phenoxy) is 2. The number of aryl methyl sites for hydroxylation is 1. The Morgan fingerprint density at radius 2 is 1.94 bits per heavy atom. The summed E-state index contributed by atoms with van der Waals surface area (Å²) in [5.74, 6) is 0.508. The number of carbonyl (C=O) groups excluding carboxylic acids is 1. The first-order valence-electron chi connectivity index (χ1n) is 10.3. The topological polar surface area (TPSA) is 78.9 Å². The highest BCUT2D eigenvalue weighted by Gasteiger charge is 2.20. The molecule has 1 atom stereocenters. The Hall–Kier alpha value is -3.54. The van der Waals surface area contributed by atoms with Crippen molar-refractivity contribution in [2.45, 2.75) is 39.2 Å². The van der Waals surface area contributed by atoms with E-state index in [0.717, 1.165) is 23.8 Å². The van der Waals surface area contributed by atoms with E-state index >= 15 is 0 Å². The van der Waals surface area contributed by atoms with Crippen molar-refractivity contribution in [3.05, 3.63) is 64.5 Å². The number of hydrogen-bond acceptors (Lipinski definition) is 6. The number of furan rings is 1. The molecule has 160 valence electrons. The number of carbonyl (C=O) groups is 1. The quantitative estimate of drug-likeness (QED) is 0.368. The number of fused-ring (bicyclic) bond motifs is 2. The van der Waals surface area contributed by atoms with Gasteiger partial charge in [-0.15, -0.1) is 0 Å². The van der Waals surface area contributed by atoms with Crippen molar-refractivity contribution < 1.29 is 23.1 Å². The first-order chi connectivity index (χ1) is 15.0. The monoisotopic (exact) mass is 420 g/mol. The van der Waals surface area contributed by atoms with Crippen LogP contribution in [0.1, 0.15) is 32.3 Å². The van der Waals surface area contributed by atoms with E-state index < -0.39 is 12.1 Å². The highest BCUT2D eigenvalue weighted by atomic mass is 16.6. The molecule has 0 unspecified atom stereocenters. The Morgan fingerprint density at radius 1 is 1.13 bits per heavy atom. The van der Waals surface area contributed by atoms with Crippen LogP contribution in [0.15, 0.2) is 62.4 Å². The summed E-state index contributed by atoms with van der Waals surface area (Å²) >= 11 is 0. The van der Waals surface area contributed by atoms with Crippen LogP contribution >= 0.6 is 0 Å². The molecule has 6 heteroatoms. The number of para-hydroxylation sites is 1. The van der Waals surface area contributed by atoms with E-state index in [1.54, 1.807) is 19.1 Å². The molecule has 0 spiro atoms. The van der Waals surface area contributed by atoms with Crippen LogP contribution in [-0.2, 0) is 16.0 Å². The first-order valence-corrected chi connectivity index (χ1v) is 10.3. The van der Waals surface area contributed by atoms with Crippen molar-refractivity contribution in [2.75, 3.05) is 7.11 Å². The van der Waals surface area contributed by atoms with Crippen molar-refractivity contribution in [3.8, 4) is 17.1 Å². The van der Waals surface area contributed by atoms with Crippen LogP contribution in [0.3, 0.4) is 0 Å². The second kappa shape index (κ2) is 8.68. The Kier molecular flexibility index (Phi) is 5.80. The fourth-order valence-electron chi connectivity index (χ4n) is 3.56. The lowest BCUT2D eigenvalue weighted by molar-refractivity contribution is -0.147. The lowest BCUT2D eigenvalue weighted by atomic mass is 10.0. The number of methoxy groups -OCH3 is 1. The van der Waals surface area contributed by atoms with E-state index in [-0.39, 0.29) is 5.43 Å². The first kappa shape index (κ1) is 20.7. The van der Waals surface area contributed by atoms with Gasteiger partial charge in [-0.3, -0.25) is 4.79 Å². The SMILES string of the molecule is CCCCc1cc2c(=O)c(-c3cc4ccccc4o3)coc2cc1O[C@@H](C)C(=O)OC. The average molecular weight is 420 g/mol. The Labute approximate surface area is 179 Å². The molecule has 0 radical (unpaired) electrons. The maximum atomic E-state index is 13.3. The van der Waals surface area contributed by atoms with E-state index in [1.807, 2.05) is 30.3 Å². The van der Waals surface area contributed by atoms with Gasteiger partial charge in [0.15, 0.2) is 6.10 Å². The highest BCUT2D eigenvalue weighted by molar-refractivity contribution is 5.86. The summed E-state index contributed by atoms with van der Waals surface area (Å²) in [4.78, 5) is 25.1. The third-order valence-corrected chi connectivity index (χ3v) is 5.28. The summed E-state index contributed by atoms with van der Waals surface area (Å²) < 4.78 is 22.2. The smallest absolute Gasteiger partial charge is 0.346 e. The number of hydrogen-bond donors (Lipinski definition) is 0. The van der Waals surface area contributed by atoms with Crippen LogP contribution in [0.4, 0.5) is 0 Å². The lowest BCUT2D eigenvalue weighted by Gasteiger charge is -2.16. The molecule has 2 aromatic carbocycles. The number of unbranched alkanes of at least 4 members (excludes halogenated alkanes) is 1. The van der Waals surface area contributed by atoms with Gasteiger partial charge in [-0.25, -0.2) is 4.79 Å². The van der Waals surface area contributed by atoms with E-state index in [4.69, 9.17) is 18.3 Å². The zero-order valence-electron chi connectivity index (χ0n) is 17.8. The van der Waals surface area contributed by atoms with Crippen molar-refractivity contribution >= 4 is 27.9 Å². The van der Waals surface area contributed by atoms with Crippen molar-refractivity contribution in [1.82, 2.24) is 0 Å². The minimum absolute atomic E-state index is 0.175. The van der Waals surface area contributed by atoms with Crippen LogP contribution in [0.5, 0.6) is 5.75 Å². The number of rotatable bonds is 7. The fraction of sp³-hybridized carbons (Fsp3) is 0.280. The normalized spacial score (nSPS) is 12.2. The van der Waals surface area contributed by atoms with E-state index in [0.29, 0.717) is 40.0 Å². The van der Waals surface area contributed by atoms with E-state index in [2.05, 4.69) is 6.92 Å². The van der Waals surface area contributed by atoms with Crippen LogP contribution in [0, 0.1) is 0 Å². The van der Waals surface area contributed by atoms with Crippen LogP contribution < -0.4 is 10.2 Å². The average Bonchev–Trinajstić information content (AvgIpc) is 3.21. The molecule has 0 bridgehead atoms. The number of benzene rings is 2. The largest absolute Gasteiger partial charge is 0.479 e. The lowest BCUT2D eigenvalue weighted by Crippen LogP contribution is -2.25. The third kappa shape index (κ3) is 4.06. The van der Waals surface area contributed by atoms with Gasteiger partial charge in [0, 0.05) is 11.5 Å². The maximum Gasteiger partial charge on any atom is 0.346 e. The zero-order chi connectivity index (χ0) is 22.0. The molecule has 0 aliphatic heterocycles. The molecule has 6 nitrogen and oxygen atoms in total. The van der Waals surface area contributed by atoms with Crippen LogP contribution in [-0.4, -0.2) is 19.2 Å².